The molecule has 0 aliphatic heterocycles. The van der Waals surface area contributed by atoms with E-state index >= 15 is 0 Å². The number of carbonyl (C=O) groups excluding carboxylic acids is 2. The van der Waals surface area contributed by atoms with Crippen LogP contribution in [0.2, 0.25) is 0 Å². The van der Waals surface area contributed by atoms with E-state index in [1.165, 1.54) is 45.5 Å². The van der Waals surface area contributed by atoms with Crippen LogP contribution in [-0.4, -0.2) is 57.5 Å². The summed E-state index contributed by atoms with van der Waals surface area (Å²) in [5.74, 6) is -1.60. The van der Waals surface area contributed by atoms with Crippen molar-refractivity contribution in [2.24, 2.45) is 0 Å². The number of benzene rings is 3. The Bertz CT molecular complexity index is 1290. The first-order valence-corrected chi connectivity index (χ1v) is 10.9. The Morgan fingerprint density at radius 3 is 2.47 bits per heavy atom. The lowest BCUT2D eigenvalue weighted by Gasteiger charge is -2.15. The van der Waals surface area contributed by atoms with Crippen molar-refractivity contribution in [3.63, 3.8) is 0 Å². The van der Waals surface area contributed by atoms with Gasteiger partial charge >= 0.3 is 5.97 Å². The number of nitrogens with one attached hydrogen (secondary N) is 1. The molecule has 1 amide bonds. The van der Waals surface area contributed by atoms with E-state index in [1.54, 1.807) is 30.3 Å². The lowest BCUT2D eigenvalue weighted by atomic mass is 10.1. The van der Waals surface area contributed by atoms with Gasteiger partial charge in [0.2, 0.25) is 10.0 Å². The van der Waals surface area contributed by atoms with Gasteiger partial charge in [-0.3, -0.25) is 4.79 Å². The van der Waals surface area contributed by atoms with Crippen LogP contribution < -0.4 is 10.1 Å². The summed E-state index contributed by atoms with van der Waals surface area (Å²) < 4.78 is 35.9. The Balaban J connectivity index is 1.74. The lowest BCUT2D eigenvalue weighted by Crippen LogP contribution is -2.23. The fourth-order valence-electron chi connectivity index (χ4n) is 2.97. The Labute approximate surface area is 185 Å². The normalized spacial score (nSPS) is 11.4. The average molecular weight is 458 g/mol. The van der Waals surface area contributed by atoms with Crippen molar-refractivity contribution in [1.82, 2.24) is 4.31 Å². The predicted octanol–water partition coefficient (Wildman–Crippen LogP) is 2.60. The molecule has 3 rings (SSSR count). The summed E-state index contributed by atoms with van der Waals surface area (Å²) in [5, 5.41) is 14.1. The van der Waals surface area contributed by atoms with Crippen LogP contribution in [0, 0.1) is 0 Å². The smallest absolute Gasteiger partial charge is 0.342 e. The number of hydrogen-bond acceptors (Lipinski definition) is 7. The molecule has 0 heterocycles. The summed E-state index contributed by atoms with van der Waals surface area (Å²) in [6.07, 6.45) is 0. The molecule has 0 saturated carbocycles. The van der Waals surface area contributed by atoms with Crippen molar-refractivity contribution in [2.45, 2.75) is 4.90 Å². The number of methoxy groups -OCH3 is 1. The van der Waals surface area contributed by atoms with Crippen molar-refractivity contribution >= 4 is 38.4 Å². The topological polar surface area (TPSA) is 122 Å². The first kappa shape index (κ1) is 23.0. The molecule has 0 fully saturated rings. The summed E-state index contributed by atoms with van der Waals surface area (Å²) in [5.41, 5.74) is 0.0261. The molecular weight excluding hydrogens is 436 g/mol. The van der Waals surface area contributed by atoms with Gasteiger partial charge in [-0.2, -0.15) is 0 Å². The number of rotatable bonds is 7. The van der Waals surface area contributed by atoms with Crippen molar-refractivity contribution < 1.29 is 32.6 Å². The summed E-state index contributed by atoms with van der Waals surface area (Å²) in [4.78, 5) is 24.7. The van der Waals surface area contributed by atoms with Crippen molar-refractivity contribution in [3.8, 4) is 11.5 Å². The van der Waals surface area contributed by atoms with Gasteiger partial charge in [0.1, 0.15) is 17.1 Å². The number of fused-ring (bicyclic) bond motifs is 1. The maximum absolute atomic E-state index is 12.4. The fraction of sp³-hybridized carbons (Fsp3) is 0.182. The van der Waals surface area contributed by atoms with Gasteiger partial charge in [0.05, 0.1) is 17.7 Å². The maximum Gasteiger partial charge on any atom is 0.342 e. The van der Waals surface area contributed by atoms with E-state index in [2.05, 4.69) is 5.32 Å². The van der Waals surface area contributed by atoms with Gasteiger partial charge in [0, 0.05) is 19.5 Å². The third kappa shape index (κ3) is 4.66. The molecule has 0 atom stereocenters. The summed E-state index contributed by atoms with van der Waals surface area (Å²) in [6.45, 7) is -0.654. The van der Waals surface area contributed by atoms with Gasteiger partial charge < -0.3 is 19.9 Å². The summed E-state index contributed by atoms with van der Waals surface area (Å²) in [6, 6.07) is 14.1. The van der Waals surface area contributed by atoms with Gasteiger partial charge in [-0.1, -0.05) is 30.3 Å². The lowest BCUT2D eigenvalue weighted by molar-refractivity contribution is -0.119. The molecule has 0 bridgehead atoms. The monoisotopic (exact) mass is 458 g/mol. The molecule has 168 valence electrons. The second kappa shape index (κ2) is 9.25. The number of nitrogens with zero attached hydrogens (tertiary/aromatic N) is 1. The predicted molar refractivity (Wildman–Crippen MR) is 118 cm³/mol. The molecule has 0 radical (unpaired) electrons. The first-order valence-electron chi connectivity index (χ1n) is 9.43. The van der Waals surface area contributed by atoms with Crippen LogP contribution in [0.15, 0.2) is 59.5 Å². The number of amides is 1. The highest BCUT2D eigenvalue weighted by molar-refractivity contribution is 7.89. The molecule has 0 aliphatic carbocycles. The van der Waals surface area contributed by atoms with E-state index in [1.807, 2.05) is 0 Å². The molecule has 3 aromatic carbocycles. The molecule has 10 heteroatoms. The van der Waals surface area contributed by atoms with Crippen LogP contribution in [0.3, 0.4) is 0 Å². The van der Waals surface area contributed by atoms with Crippen molar-refractivity contribution in [1.29, 1.82) is 0 Å². The fourth-order valence-corrected chi connectivity index (χ4v) is 3.90. The molecule has 0 aliphatic rings. The Kier molecular flexibility index (Phi) is 6.66. The van der Waals surface area contributed by atoms with Crippen molar-refractivity contribution in [2.75, 3.05) is 33.1 Å². The van der Waals surface area contributed by atoms with E-state index < -0.39 is 28.5 Å². The highest BCUT2D eigenvalue weighted by atomic mass is 32.2. The van der Waals surface area contributed by atoms with Crippen LogP contribution >= 0.6 is 0 Å². The van der Waals surface area contributed by atoms with E-state index in [9.17, 15) is 23.1 Å². The van der Waals surface area contributed by atoms with Crippen molar-refractivity contribution in [3.05, 3.63) is 60.2 Å². The highest BCUT2D eigenvalue weighted by Gasteiger charge is 2.21. The van der Waals surface area contributed by atoms with Crippen LogP contribution in [0.4, 0.5) is 5.69 Å². The van der Waals surface area contributed by atoms with Gasteiger partial charge in [-0.15, -0.1) is 0 Å². The zero-order chi connectivity index (χ0) is 23.5. The second-order valence-electron chi connectivity index (χ2n) is 6.96. The maximum atomic E-state index is 12.4. The SMILES string of the molecule is COc1ccc(S(=O)(=O)N(C)C)cc1NC(=O)COC(=O)c1ccc2ccccc2c1O. The molecular formula is C22H22N2O7S. The average Bonchev–Trinajstić information content (AvgIpc) is 2.77. The third-order valence-corrected chi connectivity index (χ3v) is 6.49. The number of carbonyl (C=O) groups is 2. The van der Waals surface area contributed by atoms with E-state index in [0.29, 0.717) is 5.39 Å². The molecule has 0 spiro atoms. The van der Waals surface area contributed by atoms with Crippen LogP contribution in [0.25, 0.3) is 10.8 Å². The molecule has 3 aromatic rings. The number of phenolic OH excluding ortho intramolecular Hbond substituents is 1. The Hall–Kier alpha value is -3.63. The number of sulfonamides is 1. The summed E-state index contributed by atoms with van der Waals surface area (Å²) in [7, 11) is 0.414. The molecule has 9 nitrogen and oxygen atoms in total. The second-order valence-corrected chi connectivity index (χ2v) is 9.11. The largest absolute Gasteiger partial charge is 0.506 e. The molecule has 0 aromatic heterocycles. The Morgan fingerprint density at radius 2 is 1.78 bits per heavy atom. The van der Waals surface area contributed by atoms with Gasteiger partial charge in [-0.25, -0.2) is 17.5 Å². The number of ether oxygens (including phenoxy) is 2. The van der Waals surface area contributed by atoms with E-state index in [0.717, 1.165) is 9.69 Å². The van der Waals surface area contributed by atoms with E-state index in [-0.39, 0.29) is 27.6 Å². The van der Waals surface area contributed by atoms with Crippen LogP contribution in [-0.2, 0) is 19.6 Å². The third-order valence-electron chi connectivity index (χ3n) is 4.68. The van der Waals surface area contributed by atoms with Crippen LogP contribution in [0.5, 0.6) is 11.5 Å². The molecule has 0 unspecified atom stereocenters. The highest BCUT2D eigenvalue weighted by Crippen LogP contribution is 2.30. The minimum atomic E-state index is -3.73. The van der Waals surface area contributed by atoms with Gasteiger partial charge in [0.15, 0.2) is 6.61 Å². The van der Waals surface area contributed by atoms with Gasteiger partial charge in [0.25, 0.3) is 5.91 Å². The first-order chi connectivity index (χ1) is 15.1. The van der Waals surface area contributed by atoms with Gasteiger partial charge in [-0.05, 0) is 29.7 Å². The van der Waals surface area contributed by atoms with E-state index in [4.69, 9.17) is 9.47 Å². The zero-order valence-corrected chi connectivity index (χ0v) is 18.5. The standard InChI is InChI=1S/C22H22N2O7S/c1-24(2)32(28,29)15-9-11-19(30-3)18(12-15)23-20(25)13-31-22(27)17-10-8-14-6-4-5-7-16(14)21(17)26/h4-12,26H,13H2,1-3H3,(H,23,25). The molecule has 32 heavy (non-hydrogen) atoms. The zero-order valence-electron chi connectivity index (χ0n) is 17.7. The van der Waals surface area contributed by atoms with Crippen LogP contribution in [0.1, 0.15) is 10.4 Å². The number of phenols is 1. The number of aromatic hydroxyl groups is 1. The minimum absolute atomic E-state index is 0.0447. The number of hydrogen-bond donors (Lipinski definition) is 2. The Morgan fingerprint density at radius 1 is 1.06 bits per heavy atom. The molecule has 0 saturated heterocycles. The number of esters is 1. The number of anilines is 1. The molecule has 2 N–H and O–H groups in total. The minimum Gasteiger partial charge on any atom is -0.506 e. The summed E-state index contributed by atoms with van der Waals surface area (Å²) >= 11 is 0. The quantitative estimate of drug-likeness (QED) is 0.522.